The van der Waals surface area contributed by atoms with Gasteiger partial charge in [0, 0.05) is 30.8 Å². The molecule has 2 amide bonds. The Morgan fingerprint density at radius 2 is 1.94 bits per heavy atom. The number of hydrogen-bond donors (Lipinski definition) is 1. The molecule has 2 fully saturated rings. The van der Waals surface area contributed by atoms with Crippen LogP contribution in [0.2, 0.25) is 0 Å². The van der Waals surface area contributed by atoms with Crippen molar-refractivity contribution in [3.63, 3.8) is 0 Å². The van der Waals surface area contributed by atoms with Crippen LogP contribution in [0, 0.1) is 17.8 Å². The normalized spacial score (nSPS) is 27.7. The molecule has 31 heavy (non-hydrogen) atoms. The fourth-order valence-corrected chi connectivity index (χ4v) is 4.60. The molecule has 4 rings (SSSR count). The molecular formula is C23H30N2O6. The maximum Gasteiger partial charge on any atom is 0.311 e. The van der Waals surface area contributed by atoms with E-state index in [0.29, 0.717) is 42.2 Å². The van der Waals surface area contributed by atoms with Crippen LogP contribution >= 0.6 is 0 Å². The maximum atomic E-state index is 12.5. The Balaban J connectivity index is 1.29. The van der Waals surface area contributed by atoms with Gasteiger partial charge in [0.25, 0.3) is 5.91 Å². The summed E-state index contributed by atoms with van der Waals surface area (Å²) in [6, 6.07) is 5.41. The minimum absolute atomic E-state index is 0.0616. The minimum Gasteiger partial charge on any atom is -0.486 e. The SMILES string of the molecule is CC1CCCC(NC(=O)COC(=O)C2CC(=O)N(c3ccc4c(c3)OCCO4)C2)C1C. The monoisotopic (exact) mass is 430 g/mol. The molecule has 1 aromatic rings. The van der Waals surface area contributed by atoms with Crippen molar-refractivity contribution in [3.05, 3.63) is 18.2 Å². The lowest BCUT2D eigenvalue weighted by atomic mass is 9.78. The molecule has 0 aromatic heterocycles. The molecule has 1 saturated heterocycles. The molecule has 4 unspecified atom stereocenters. The molecule has 2 heterocycles. The largest absolute Gasteiger partial charge is 0.486 e. The van der Waals surface area contributed by atoms with Crippen LogP contribution < -0.4 is 19.7 Å². The van der Waals surface area contributed by atoms with Gasteiger partial charge in [-0.25, -0.2) is 0 Å². The molecule has 8 heteroatoms. The summed E-state index contributed by atoms with van der Waals surface area (Å²) in [4.78, 5) is 38.8. The van der Waals surface area contributed by atoms with Gasteiger partial charge >= 0.3 is 5.97 Å². The topological polar surface area (TPSA) is 94.2 Å². The molecule has 0 radical (unpaired) electrons. The van der Waals surface area contributed by atoms with E-state index in [-0.39, 0.29) is 37.4 Å². The van der Waals surface area contributed by atoms with E-state index in [1.165, 1.54) is 6.42 Å². The second kappa shape index (κ2) is 9.16. The second-order valence-electron chi connectivity index (χ2n) is 8.78. The van der Waals surface area contributed by atoms with Crippen LogP contribution in [0.1, 0.15) is 39.5 Å². The van der Waals surface area contributed by atoms with Crippen LogP contribution in [0.4, 0.5) is 5.69 Å². The van der Waals surface area contributed by atoms with Crippen LogP contribution in [0.5, 0.6) is 11.5 Å². The smallest absolute Gasteiger partial charge is 0.311 e. The lowest BCUT2D eigenvalue weighted by molar-refractivity contribution is -0.152. The van der Waals surface area contributed by atoms with Crippen LogP contribution in [0.25, 0.3) is 0 Å². The summed E-state index contributed by atoms with van der Waals surface area (Å²) in [5, 5.41) is 3.00. The molecule has 2 aliphatic heterocycles. The van der Waals surface area contributed by atoms with E-state index < -0.39 is 11.9 Å². The Morgan fingerprint density at radius 1 is 1.16 bits per heavy atom. The first-order valence-electron chi connectivity index (χ1n) is 11.1. The van der Waals surface area contributed by atoms with Gasteiger partial charge in [0.2, 0.25) is 5.91 Å². The lowest BCUT2D eigenvalue weighted by Gasteiger charge is -2.34. The molecular weight excluding hydrogens is 400 g/mol. The predicted octanol–water partition coefficient (Wildman–Crippen LogP) is 2.29. The zero-order chi connectivity index (χ0) is 22.0. The Labute approximate surface area is 182 Å². The summed E-state index contributed by atoms with van der Waals surface area (Å²) >= 11 is 0. The molecule has 1 saturated carbocycles. The molecule has 0 spiro atoms. The van der Waals surface area contributed by atoms with Gasteiger partial charge in [-0.2, -0.15) is 0 Å². The van der Waals surface area contributed by atoms with E-state index in [1.807, 2.05) is 0 Å². The minimum atomic E-state index is -0.595. The number of nitrogens with one attached hydrogen (secondary N) is 1. The van der Waals surface area contributed by atoms with Crippen molar-refractivity contribution in [3.8, 4) is 11.5 Å². The van der Waals surface area contributed by atoms with Crippen LogP contribution in [-0.4, -0.2) is 50.2 Å². The molecule has 1 N–H and O–H groups in total. The molecule has 8 nitrogen and oxygen atoms in total. The number of anilines is 1. The highest BCUT2D eigenvalue weighted by molar-refractivity contribution is 5.99. The summed E-state index contributed by atoms with van der Waals surface area (Å²) < 4.78 is 16.3. The van der Waals surface area contributed by atoms with Gasteiger partial charge in [0.1, 0.15) is 13.2 Å². The van der Waals surface area contributed by atoms with Crippen molar-refractivity contribution in [1.82, 2.24) is 5.32 Å². The van der Waals surface area contributed by atoms with E-state index in [0.717, 1.165) is 12.8 Å². The summed E-state index contributed by atoms with van der Waals surface area (Å²) in [6.45, 7) is 5.21. The third kappa shape index (κ3) is 4.78. The van der Waals surface area contributed by atoms with E-state index in [9.17, 15) is 14.4 Å². The van der Waals surface area contributed by atoms with Crippen molar-refractivity contribution < 1.29 is 28.6 Å². The number of ether oxygens (including phenoxy) is 3. The number of fused-ring (bicyclic) bond motifs is 1. The lowest BCUT2D eigenvalue weighted by Crippen LogP contribution is -2.45. The Kier molecular flexibility index (Phi) is 6.34. The average Bonchev–Trinajstić information content (AvgIpc) is 3.16. The first-order chi connectivity index (χ1) is 14.9. The summed E-state index contributed by atoms with van der Waals surface area (Å²) in [5.74, 6) is 0.644. The number of hydrogen-bond acceptors (Lipinski definition) is 6. The number of amides is 2. The predicted molar refractivity (Wildman–Crippen MR) is 113 cm³/mol. The first-order valence-corrected chi connectivity index (χ1v) is 11.1. The number of esters is 1. The Morgan fingerprint density at radius 3 is 2.74 bits per heavy atom. The molecule has 1 aliphatic carbocycles. The van der Waals surface area contributed by atoms with E-state index in [4.69, 9.17) is 14.2 Å². The average molecular weight is 431 g/mol. The van der Waals surface area contributed by atoms with Gasteiger partial charge in [-0.05, 0) is 30.4 Å². The second-order valence-corrected chi connectivity index (χ2v) is 8.78. The standard InChI is InChI=1S/C23H30N2O6/c1-14-4-3-5-18(15(14)2)24-21(26)13-31-23(28)16-10-22(27)25(12-16)17-6-7-19-20(11-17)30-9-8-29-19/h6-7,11,14-16,18H,3-5,8-10,12-13H2,1-2H3,(H,24,26). The highest BCUT2D eigenvalue weighted by Gasteiger charge is 2.37. The zero-order valence-corrected chi connectivity index (χ0v) is 18.1. The number of carbonyl (C=O) groups is 3. The van der Waals surface area contributed by atoms with Crippen molar-refractivity contribution in [2.24, 2.45) is 17.8 Å². The van der Waals surface area contributed by atoms with Gasteiger partial charge in [0.05, 0.1) is 5.92 Å². The molecule has 1 aromatic carbocycles. The van der Waals surface area contributed by atoms with Gasteiger partial charge < -0.3 is 24.4 Å². The van der Waals surface area contributed by atoms with Gasteiger partial charge in [-0.3, -0.25) is 14.4 Å². The molecule has 0 bridgehead atoms. The van der Waals surface area contributed by atoms with Crippen molar-refractivity contribution in [2.45, 2.75) is 45.6 Å². The highest BCUT2D eigenvalue weighted by Crippen LogP contribution is 2.36. The van der Waals surface area contributed by atoms with Gasteiger partial charge in [-0.15, -0.1) is 0 Å². The number of carbonyl (C=O) groups excluding carboxylic acids is 3. The van der Waals surface area contributed by atoms with Crippen LogP contribution in [0.15, 0.2) is 18.2 Å². The first kappa shape index (κ1) is 21.5. The highest BCUT2D eigenvalue weighted by atomic mass is 16.6. The summed E-state index contributed by atoms with van der Waals surface area (Å²) in [5.41, 5.74) is 0.655. The molecule has 168 valence electrons. The number of benzene rings is 1. The quantitative estimate of drug-likeness (QED) is 0.721. The summed E-state index contributed by atoms with van der Waals surface area (Å²) in [6.07, 6.45) is 3.28. The van der Waals surface area contributed by atoms with E-state index >= 15 is 0 Å². The Bertz CT molecular complexity index is 856. The van der Waals surface area contributed by atoms with Crippen molar-refractivity contribution in [2.75, 3.05) is 31.3 Å². The van der Waals surface area contributed by atoms with Gasteiger partial charge in [0.15, 0.2) is 18.1 Å². The molecule has 3 aliphatic rings. The van der Waals surface area contributed by atoms with E-state index in [1.54, 1.807) is 23.1 Å². The summed E-state index contributed by atoms with van der Waals surface area (Å²) in [7, 11) is 0. The third-order valence-corrected chi connectivity index (χ3v) is 6.69. The van der Waals surface area contributed by atoms with Gasteiger partial charge in [-0.1, -0.05) is 26.7 Å². The fourth-order valence-electron chi connectivity index (χ4n) is 4.60. The van der Waals surface area contributed by atoms with Crippen LogP contribution in [0.3, 0.4) is 0 Å². The Hall–Kier alpha value is -2.77. The van der Waals surface area contributed by atoms with Crippen molar-refractivity contribution >= 4 is 23.5 Å². The van der Waals surface area contributed by atoms with Crippen molar-refractivity contribution in [1.29, 1.82) is 0 Å². The van der Waals surface area contributed by atoms with E-state index in [2.05, 4.69) is 19.2 Å². The third-order valence-electron chi connectivity index (χ3n) is 6.69. The number of nitrogens with zero attached hydrogens (tertiary/aromatic N) is 1. The zero-order valence-electron chi connectivity index (χ0n) is 18.1. The fraction of sp³-hybridized carbons (Fsp3) is 0.609. The van der Waals surface area contributed by atoms with Crippen LogP contribution in [-0.2, 0) is 19.1 Å². The number of rotatable bonds is 5. The maximum absolute atomic E-state index is 12.5. The molecule has 4 atom stereocenters.